The van der Waals surface area contributed by atoms with Gasteiger partial charge in [0.05, 0.1) is 23.1 Å². The number of rotatable bonds is 10. The molecule has 2 N–H and O–H groups in total. The minimum Gasteiger partial charge on any atom is -0.491 e. The average Bonchev–Trinajstić information content (AvgIpc) is 3.30. The van der Waals surface area contributed by atoms with Gasteiger partial charge in [-0.15, -0.1) is 0 Å². The van der Waals surface area contributed by atoms with E-state index in [9.17, 15) is 4.79 Å². The van der Waals surface area contributed by atoms with Crippen LogP contribution in [0, 0.1) is 13.8 Å². The van der Waals surface area contributed by atoms with E-state index in [1.807, 2.05) is 12.1 Å². The molecule has 3 rings (SSSR count). The van der Waals surface area contributed by atoms with Gasteiger partial charge >= 0.3 is 0 Å². The maximum atomic E-state index is 12.9. The Hall–Kier alpha value is -1.79. The predicted octanol–water partition coefficient (Wildman–Crippen LogP) is 4.66. The molecule has 1 fully saturated rings. The van der Waals surface area contributed by atoms with Crippen molar-refractivity contribution in [3.8, 4) is 5.75 Å². The van der Waals surface area contributed by atoms with Crippen molar-refractivity contribution in [2.45, 2.75) is 51.6 Å². The summed E-state index contributed by atoms with van der Waals surface area (Å²) in [4.78, 5) is 12.9. The minimum absolute atomic E-state index is 0.00568. The van der Waals surface area contributed by atoms with Crippen molar-refractivity contribution in [3.05, 3.63) is 62.6 Å². The summed E-state index contributed by atoms with van der Waals surface area (Å²) in [5.41, 5.74) is 4.38. The second kappa shape index (κ2) is 11.9. The van der Waals surface area contributed by atoms with Crippen LogP contribution in [0.25, 0.3) is 0 Å². The van der Waals surface area contributed by atoms with Gasteiger partial charge < -0.3 is 20.1 Å². The van der Waals surface area contributed by atoms with Gasteiger partial charge in [0.1, 0.15) is 12.4 Å². The third-order valence-corrected chi connectivity index (χ3v) is 6.85. The van der Waals surface area contributed by atoms with E-state index in [2.05, 4.69) is 30.5 Å². The van der Waals surface area contributed by atoms with Gasteiger partial charge in [-0.05, 0) is 80.1 Å². The molecule has 174 valence electrons. The Bertz CT molecular complexity index is 930. The van der Waals surface area contributed by atoms with Crippen LogP contribution >= 0.6 is 23.2 Å². The van der Waals surface area contributed by atoms with Crippen LogP contribution in [-0.2, 0) is 22.4 Å². The number of hydrogen-bond donors (Lipinski definition) is 2. The zero-order valence-corrected chi connectivity index (χ0v) is 20.5. The molecule has 0 radical (unpaired) electrons. The summed E-state index contributed by atoms with van der Waals surface area (Å²) >= 11 is 12.1. The highest BCUT2D eigenvalue weighted by Crippen LogP contribution is 2.27. The van der Waals surface area contributed by atoms with Crippen molar-refractivity contribution < 1.29 is 14.3 Å². The van der Waals surface area contributed by atoms with Gasteiger partial charge in [-0.2, -0.15) is 0 Å². The van der Waals surface area contributed by atoms with Crippen LogP contribution in [0.3, 0.4) is 0 Å². The van der Waals surface area contributed by atoms with Crippen molar-refractivity contribution in [1.29, 1.82) is 0 Å². The molecular weight excluding hydrogens is 447 g/mol. The molecule has 5 nitrogen and oxygen atoms in total. The van der Waals surface area contributed by atoms with Gasteiger partial charge in [-0.1, -0.05) is 35.3 Å². The molecule has 0 aliphatic carbocycles. The lowest BCUT2D eigenvalue weighted by atomic mass is 9.93. The molecule has 7 heteroatoms. The fourth-order valence-corrected chi connectivity index (χ4v) is 4.46. The van der Waals surface area contributed by atoms with E-state index >= 15 is 0 Å². The molecule has 0 saturated carbocycles. The van der Waals surface area contributed by atoms with Crippen molar-refractivity contribution in [2.75, 3.05) is 26.9 Å². The fraction of sp³-hybridized carbons (Fsp3) is 0.480. The molecule has 0 bridgehead atoms. The molecule has 1 heterocycles. The molecule has 2 aromatic rings. The second-order valence-corrected chi connectivity index (χ2v) is 9.13. The minimum atomic E-state index is -0.0176. The van der Waals surface area contributed by atoms with Crippen LogP contribution in [-0.4, -0.2) is 44.9 Å². The Morgan fingerprint density at radius 2 is 1.97 bits per heavy atom. The quantitative estimate of drug-likeness (QED) is 0.487. The van der Waals surface area contributed by atoms with E-state index in [4.69, 9.17) is 32.7 Å². The summed E-state index contributed by atoms with van der Waals surface area (Å²) in [7, 11) is 1.66. The highest BCUT2D eigenvalue weighted by atomic mass is 35.5. The molecule has 1 amide bonds. The molecule has 2 aromatic carbocycles. The number of hydrogen-bond acceptors (Lipinski definition) is 4. The Labute approximate surface area is 200 Å². The first-order valence-corrected chi connectivity index (χ1v) is 11.8. The van der Waals surface area contributed by atoms with E-state index in [1.165, 1.54) is 11.1 Å². The Morgan fingerprint density at radius 1 is 1.16 bits per heavy atom. The van der Waals surface area contributed by atoms with E-state index < -0.39 is 0 Å². The molecule has 1 unspecified atom stereocenters. The molecule has 1 aliphatic heterocycles. The first-order chi connectivity index (χ1) is 15.4. The summed E-state index contributed by atoms with van der Waals surface area (Å²) in [6.07, 6.45) is 3.20. The number of benzene rings is 2. The fourth-order valence-electron chi connectivity index (χ4n) is 4.14. The zero-order chi connectivity index (χ0) is 23.1. The number of carbonyl (C=O) groups is 1. The summed E-state index contributed by atoms with van der Waals surface area (Å²) in [5.74, 6) is 0.860. The Balaban J connectivity index is 1.71. The SMILES string of the molecule is COCCOc1ccc(C[C@H](NC(=O)Cc2ccc(Cl)c(Cl)c2)C2CCCN2)c(C)c1C. The molecule has 32 heavy (non-hydrogen) atoms. The summed E-state index contributed by atoms with van der Waals surface area (Å²) < 4.78 is 10.9. The summed E-state index contributed by atoms with van der Waals surface area (Å²) in [5, 5.41) is 7.77. The average molecular weight is 479 g/mol. The Kier molecular flexibility index (Phi) is 9.23. The highest BCUT2D eigenvalue weighted by molar-refractivity contribution is 6.42. The lowest BCUT2D eigenvalue weighted by Gasteiger charge is -2.26. The predicted molar refractivity (Wildman–Crippen MR) is 130 cm³/mol. The highest BCUT2D eigenvalue weighted by Gasteiger charge is 2.27. The molecular formula is C25H32Cl2N2O3. The maximum absolute atomic E-state index is 12.9. The maximum Gasteiger partial charge on any atom is 0.224 e. The molecule has 1 saturated heterocycles. The lowest BCUT2D eigenvalue weighted by molar-refractivity contribution is -0.121. The van der Waals surface area contributed by atoms with Gasteiger partial charge in [0.2, 0.25) is 5.91 Å². The normalized spacial score (nSPS) is 16.7. The number of ether oxygens (including phenoxy) is 2. The Morgan fingerprint density at radius 3 is 2.66 bits per heavy atom. The summed E-state index contributed by atoms with van der Waals surface area (Å²) in [6, 6.07) is 9.71. The number of carbonyl (C=O) groups excluding carboxylic acids is 1. The van der Waals surface area contributed by atoms with Gasteiger partial charge in [-0.3, -0.25) is 4.79 Å². The smallest absolute Gasteiger partial charge is 0.224 e. The van der Waals surface area contributed by atoms with Crippen molar-refractivity contribution in [1.82, 2.24) is 10.6 Å². The number of methoxy groups -OCH3 is 1. The van der Waals surface area contributed by atoms with Crippen LogP contribution in [0.2, 0.25) is 10.0 Å². The summed E-state index contributed by atoms with van der Waals surface area (Å²) in [6.45, 7) is 6.25. The van der Waals surface area contributed by atoms with Gasteiger partial charge in [0, 0.05) is 19.2 Å². The first-order valence-electron chi connectivity index (χ1n) is 11.1. The molecule has 1 aliphatic rings. The zero-order valence-electron chi connectivity index (χ0n) is 19.0. The van der Waals surface area contributed by atoms with Gasteiger partial charge in [-0.25, -0.2) is 0 Å². The molecule has 0 spiro atoms. The largest absolute Gasteiger partial charge is 0.491 e. The van der Waals surface area contributed by atoms with Crippen molar-refractivity contribution in [3.63, 3.8) is 0 Å². The lowest BCUT2D eigenvalue weighted by Crippen LogP contribution is -2.49. The van der Waals surface area contributed by atoms with Crippen LogP contribution in [0.15, 0.2) is 30.3 Å². The molecule has 0 aromatic heterocycles. The van der Waals surface area contributed by atoms with Crippen molar-refractivity contribution >= 4 is 29.1 Å². The third-order valence-electron chi connectivity index (χ3n) is 6.11. The monoisotopic (exact) mass is 478 g/mol. The number of amides is 1. The van der Waals surface area contributed by atoms with Crippen LogP contribution < -0.4 is 15.4 Å². The van der Waals surface area contributed by atoms with Gasteiger partial charge in [0.25, 0.3) is 0 Å². The van der Waals surface area contributed by atoms with E-state index in [1.54, 1.807) is 19.2 Å². The number of nitrogens with one attached hydrogen (secondary N) is 2. The van der Waals surface area contributed by atoms with Crippen LogP contribution in [0.4, 0.5) is 0 Å². The standard InChI is InChI=1S/C25H32Cl2N2O3/c1-16-17(2)24(32-12-11-31-3)9-7-19(16)15-23(22-5-4-10-28-22)29-25(30)14-18-6-8-20(26)21(27)13-18/h6-9,13,22-23,28H,4-5,10-12,14-15H2,1-3H3,(H,29,30)/t22?,23-/m0/s1. The van der Waals surface area contributed by atoms with E-state index in [0.717, 1.165) is 42.7 Å². The van der Waals surface area contributed by atoms with Crippen LogP contribution in [0.1, 0.15) is 35.1 Å². The van der Waals surface area contributed by atoms with Crippen molar-refractivity contribution in [2.24, 2.45) is 0 Å². The molecule has 2 atom stereocenters. The topological polar surface area (TPSA) is 59.6 Å². The first kappa shape index (κ1) is 24.8. The van der Waals surface area contributed by atoms with E-state index in [0.29, 0.717) is 23.3 Å². The number of halogens is 2. The van der Waals surface area contributed by atoms with Crippen LogP contribution in [0.5, 0.6) is 5.75 Å². The second-order valence-electron chi connectivity index (χ2n) is 8.32. The van der Waals surface area contributed by atoms with Gasteiger partial charge in [0.15, 0.2) is 0 Å². The van der Waals surface area contributed by atoms with E-state index in [-0.39, 0.29) is 24.4 Å². The third kappa shape index (κ3) is 6.61.